The highest BCUT2D eigenvalue weighted by molar-refractivity contribution is 5.78. The van der Waals surface area contributed by atoms with Gasteiger partial charge in [-0.05, 0) is 0 Å². The minimum Gasteiger partial charge on any atom is -0.354 e. The number of amides is 1. The van der Waals surface area contributed by atoms with Gasteiger partial charge in [-0.15, -0.1) is 0 Å². The first-order valence-corrected chi connectivity index (χ1v) is 3.45. The van der Waals surface area contributed by atoms with Crippen molar-refractivity contribution >= 4 is 5.91 Å². The van der Waals surface area contributed by atoms with E-state index in [2.05, 4.69) is 5.32 Å². The van der Waals surface area contributed by atoms with Crippen molar-refractivity contribution in [2.75, 3.05) is 26.2 Å². The van der Waals surface area contributed by atoms with E-state index in [0.29, 0.717) is 13.1 Å². The number of rotatable bonds is 2. The molecule has 11 heavy (non-hydrogen) atoms. The first-order valence-electron chi connectivity index (χ1n) is 3.45. The summed E-state index contributed by atoms with van der Waals surface area (Å²) in [5, 5.41) is 2.56. The Balaban J connectivity index is 2.28. The summed E-state index contributed by atoms with van der Waals surface area (Å²) >= 11 is 0. The third-order valence-electron chi connectivity index (χ3n) is 1.51. The third-order valence-corrected chi connectivity index (χ3v) is 1.51. The Hall–Kier alpha value is -0.710. The molecule has 1 saturated heterocycles. The molecule has 1 heterocycles. The van der Waals surface area contributed by atoms with Gasteiger partial charge in [-0.1, -0.05) is 0 Å². The predicted molar refractivity (Wildman–Crippen MR) is 35.5 cm³/mol. The number of carbonyl (C=O) groups is 1. The fourth-order valence-corrected chi connectivity index (χ4v) is 1.04. The van der Waals surface area contributed by atoms with E-state index in [4.69, 9.17) is 0 Å². The molecule has 0 bridgehead atoms. The van der Waals surface area contributed by atoms with Crippen LogP contribution < -0.4 is 5.32 Å². The second-order valence-corrected chi connectivity index (χ2v) is 2.48. The van der Waals surface area contributed by atoms with Crippen LogP contribution in [0.2, 0.25) is 0 Å². The molecule has 5 heteroatoms. The van der Waals surface area contributed by atoms with Crippen LogP contribution in [0.5, 0.6) is 0 Å². The summed E-state index contributed by atoms with van der Waals surface area (Å²) in [5.74, 6) is -0.170. The Morgan fingerprint density at radius 2 is 2.36 bits per heavy atom. The lowest BCUT2D eigenvalue weighted by Gasteiger charge is -2.25. The number of halogens is 2. The fourth-order valence-electron chi connectivity index (χ4n) is 1.04. The van der Waals surface area contributed by atoms with Gasteiger partial charge in [0.15, 0.2) is 0 Å². The molecule has 1 rings (SSSR count). The van der Waals surface area contributed by atoms with Crippen LogP contribution in [0.25, 0.3) is 0 Å². The zero-order valence-corrected chi connectivity index (χ0v) is 6.02. The molecule has 64 valence electrons. The molecule has 1 amide bonds. The van der Waals surface area contributed by atoms with E-state index < -0.39 is 6.43 Å². The van der Waals surface area contributed by atoms with Crippen LogP contribution in [0.4, 0.5) is 8.78 Å². The van der Waals surface area contributed by atoms with Crippen molar-refractivity contribution in [2.24, 2.45) is 0 Å². The molecule has 1 N–H and O–H groups in total. The molecule has 1 aliphatic heterocycles. The average molecular weight is 164 g/mol. The second kappa shape index (κ2) is 3.61. The lowest BCUT2D eigenvalue weighted by Crippen LogP contribution is -2.48. The van der Waals surface area contributed by atoms with Crippen LogP contribution in [-0.2, 0) is 4.79 Å². The van der Waals surface area contributed by atoms with E-state index in [-0.39, 0.29) is 19.0 Å². The minimum atomic E-state index is -2.35. The Labute approximate surface area is 63.4 Å². The van der Waals surface area contributed by atoms with Crippen molar-refractivity contribution in [3.05, 3.63) is 0 Å². The molecule has 3 nitrogen and oxygen atoms in total. The molecule has 1 fully saturated rings. The van der Waals surface area contributed by atoms with Crippen LogP contribution in [0, 0.1) is 0 Å². The van der Waals surface area contributed by atoms with E-state index in [1.165, 1.54) is 4.90 Å². The van der Waals surface area contributed by atoms with E-state index in [1.54, 1.807) is 0 Å². The summed E-state index contributed by atoms with van der Waals surface area (Å²) in [4.78, 5) is 12.1. The Morgan fingerprint density at radius 3 is 2.91 bits per heavy atom. The van der Waals surface area contributed by atoms with Crippen molar-refractivity contribution in [3.8, 4) is 0 Å². The largest absolute Gasteiger partial charge is 0.354 e. The number of nitrogens with zero attached hydrogens (tertiary/aromatic N) is 1. The summed E-state index contributed by atoms with van der Waals surface area (Å²) in [6.45, 7) is 0.805. The molecular formula is C6H10F2N2O. The molecule has 1 aliphatic rings. The highest BCUT2D eigenvalue weighted by Crippen LogP contribution is 1.99. The standard InChI is InChI=1S/C6H10F2N2O/c7-5(8)3-10-2-1-9-6(11)4-10/h5H,1-4H2,(H,9,11). The van der Waals surface area contributed by atoms with Crippen LogP contribution >= 0.6 is 0 Å². The summed E-state index contributed by atoms with van der Waals surface area (Å²) < 4.78 is 23.5. The van der Waals surface area contributed by atoms with Crippen molar-refractivity contribution in [1.29, 1.82) is 0 Å². The second-order valence-electron chi connectivity index (χ2n) is 2.48. The van der Waals surface area contributed by atoms with Gasteiger partial charge in [-0.3, -0.25) is 9.69 Å². The molecular weight excluding hydrogens is 154 g/mol. The Bertz CT molecular complexity index is 152. The molecule has 0 aliphatic carbocycles. The highest BCUT2D eigenvalue weighted by atomic mass is 19.3. The number of hydrogen-bond donors (Lipinski definition) is 1. The first kappa shape index (κ1) is 8.39. The Morgan fingerprint density at radius 1 is 1.64 bits per heavy atom. The van der Waals surface area contributed by atoms with Gasteiger partial charge in [0.2, 0.25) is 5.91 Å². The fraction of sp³-hybridized carbons (Fsp3) is 0.833. The van der Waals surface area contributed by atoms with Gasteiger partial charge in [0.1, 0.15) is 0 Å². The van der Waals surface area contributed by atoms with Gasteiger partial charge in [0.25, 0.3) is 6.43 Å². The van der Waals surface area contributed by atoms with Crippen molar-refractivity contribution in [3.63, 3.8) is 0 Å². The maximum absolute atomic E-state index is 11.8. The zero-order valence-electron chi connectivity index (χ0n) is 6.02. The monoisotopic (exact) mass is 164 g/mol. The normalized spacial score (nSPS) is 20.5. The van der Waals surface area contributed by atoms with E-state index in [9.17, 15) is 13.6 Å². The van der Waals surface area contributed by atoms with Crippen LogP contribution in [0.3, 0.4) is 0 Å². The number of carbonyl (C=O) groups excluding carboxylic acids is 1. The highest BCUT2D eigenvalue weighted by Gasteiger charge is 2.18. The van der Waals surface area contributed by atoms with E-state index in [1.807, 2.05) is 0 Å². The number of hydrogen-bond acceptors (Lipinski definition) is 2. The summed E-state index contributed by atoms with van der Waals surface area (Å²) in [6.07, 6.45) is -2.35. The van der Waals surface area contributed by atoms with Crippen LogP contribution in [0.15, 0.2) is 0 Å². The van der Waals surface area contributed by atoms with Crippen LogP contribution in [-0.4, -0.2) is 43.4 Å². The molecule has 0 aromatic rings. The summed E-state index contributed by atoms with van der Waals surface area (Å²) in [7, 11) is 0. The lowest BCUT2D eigenvalue weighted by atomic mass is 10.3. The smallest absolute Gasteiger partial charge is 0.251 e. The molecule has 0 saturated carbocycles. The van der Waals surface area contributed by atoms with Crippen molar-refractivity contribution in [2.45, 2.75) is 6.43 Å². The van der Waals surface area contributed by atoms with Gasteiger partial charge in [0.05, 0.1) is 13.1 Å². The number of piperazine rings is 1. The topological polar surface area (TPSA) is 32.3 Å². The van der Waals surface area contributed by atoms with Gasteiger partial charge in [0, 0.05) is 13.1 Å². The average Bonchev–Trinajstić information content (AvgIpc) is 1.85. The zero-order chi connectivity index (χ0) is 8.27. The van der Waals surface area contributed by atoms with Crippen LogP contribution in [0.1, 0.15) is 0 Å². The maximum atomic E-state index is 11.8. The third kappa shape index (κ3) is 2.80. The SMILES string of the molecule is O=C1CN(CC(F)F)CCN1. The van der Waals surface area contributed by atoms with Gasteiger partial charge in [-0.25, -0.2) is 8.78 Å². The summed E-state index contributed by atoms with van der Waals surface area (Å²) in [5.41, 5.74) is 0. The van der Waals surface area contributed by atoms with E-state index in [0.717, 1.165) is 0 Å². The van der Waals surface area contributed by atoms with Crippen molar-refractivity contribution in [1.82, 2.24) is 10.2 Å². The van der Waals surface area contributed by atoms with E-state index >= 15 is 0 Å². The predicted octanol–water partition coefficient (Wildman–Crippen LogP) is -0.317. The number of alkyl halides is 2. The molecule has 0 aromatic heterocycles. The Kier molecular flexibility index (Phi) is 2.76. The first-order chi connectivity index (χ1) is 5.18. The van der Waals surface area contributed by atoms with Gasteiger partial charge in [-0.2, -0.15) is 0 Å². The lowest BCUT2D eigenvalue weighted by molar-refractivity contribution is -0.124. The maximum Gasteiger partial charge on any atom is 0.251 e. The van der Waals surface area contributed by atoms with Crippen molar-refractivity contribution < 1.29 is 13.6 Å². The van der Waals surface area contributed by atoms with Gasteiger partial charge >= 0.3 is 0 Å². The minimum absolute atomic E-state index is 0.102. The molecule has 0 atom stereocenters. The molecule has 0 spiro atoms. The molecule has 0 radical (unpaired) electrons. The van der Waals surface area contributed by atoms with Gasteiger partial charge < -0.3 is 5.32 Å². The molecule has 0 unspecified atom stereocenters. The number of nitrogens with one attached hydrogen (secondary N) is 1. The molecule has 0 aromatic carbocycles. The summed E-state index contributed by atoms with van der Waals surface area (Å²) in [6, 6.07) is 0. The quantitative estimate of drug-likeness (QED) is 0.606.